The van der Waals surface area contributed by atoms with Crippen molar-refractivity contribution in [3.05, 3.63) is 23.5 Å². The van der Waals surface area contributed by atoms with Crippen LogP contribution in [0.2, 0.25) is 0 Å². The molecule has 4 heteroatoms. The fourth-order valence-electron chi connectivity index (χ4n) is 1.60. The lowest BCUT2D eigenvalue weighted by Crippen LogP contribution is -2.23. The number of hydrogen-bond donors (Lipinski definition) is 0. The summed E-state index contributed by atoms with van der Waals surface area (Å²) in [7, 11) is 0. The highest BCUT2D eigenvalue weighted by molar-refractivity contribution is 5.92. The van der Waals surface area contributed by atoms with Crippen LogP contribution >= 0.6 is 0 Å². The lowest BCUT2D eigenvalue weighted by molar-refractivity contribution is 0.00695. The molecule has 0 N–H and O–H groups in total. The molecule has 16 heavy (non-hydrogen) atoms. The molecule has 1 aromatic heterocycles. The Morgan fingerprint density at radius 2 is 2.25 bits per heavy atom. The van der Waals surface area contributed by atoms with E-state index in [1.807, 2.05) is 37.6 Å². The predicted octanol–water partition coefficient (Wildman–Crippen LogP) is 1.88. The van der Waals surface area contributed by atoms with Gasteiger partial charge in [0.2, 0.25) is 0 Å². The molecule has 0 amide bonds. The summed E-state index contributed by atoms with van der Waals surface area (Å²) in [5.41, 5.74) is 1.11. The van der Waals surface area contributed by atoms with Crippen molar-refractivity contribution in [2.75, 3.05) is 6.54 Å². The van der Waals surface area contributed by atoms with Gasteiger partial charge < -0.3 is 9.30 Å². The maximum Gasteiger partial charge on any atom is 0.340 e. The molecule has 1 aliphatic heterocycles. The first-order valence-electron chi connectivity index (χ1n) is 5.39. The molecule has 0 atom stereocenters. The van der Waals surface area contributed by atoms with E-state index in [1.165, 1.54) is 0 Å². The molecule has 1 aliphatic rings. The van der Waals surface area contributed by atoms with E-state index in [0.29, 0.717) is 5.56 Å². The van der Waals surface area contributed by atoms with Gasteiger partial charge in [0, 0.05) is 19.0 Å². The van der Waals surface area contributed by atoms with Crippen LogP contribution in [0.25, 0.3) is 0 Å². The minimum Gasteiger partial charge on any atom is -0.456 e. The van der Waals surface area contributed by atoms with Crippen molar-refractivity contribution >= 4 is 12.2 Å². The largest absolute Gasteiger partial charge is 0.456 e. The minimum absolute atomic E-state index is 0.275. The van der Waals surface area contributed by atoms with Crippen molar-refractivity contribution in [3.63, 3.8) is 0 Å². The van der Waals surface area contributed by atoms with E-state index < -0.39 is 5.60 Å². The molecule has 1 aromatic rings. The maximum atomic E-state index is 11.8. The van der Waals surface area contributed by atoms with Crippen molar-refractivity contribution in [1.82, 2.24) is 4.57 Å². The quantitative estimate of drug-likeness (QED) is 0.678. The summed E-state index contributed by atoms with van der Waals surface area (Å²) in [6.45, 7) is 7.19. The first-order valence-corrected chi connectivity index (χ1v) is 5.39. The Bertz CT molecular complexity index is 438. The Morgan fingerprint density at radius 1 is 1.50 bits per heavy atom. The number of hydrogen-bond acceptors (Lipinski definition) is 3. The van der Waals surface area contributed by atoms with Crippen LogP contribution in [0.1, 0.15) is 36.8 Å². The van der Waals surface area contributed by atoms with Crippen LogP contribution in [0, 0.1) is 0 Å². The Labute approximate surface area is 94.9 Å². The van der Waals surface area contributed by atoms with Gasteiger partial charge in [0.25, 0.3) is 0 Å². The molecule has 0 spiro atoms. The zero-order valence-corrected chi connectivity index (χ0v) is 9.86. The van der Waals surface area contributed by atoms with E-state index in [-0.39, 0.29) is 5.97 Å². The van der Waals surface area contributed by atoms with Gasteiger partial charge in [0.05, 0.1) is 17.8 Å². The molecule has 0 bridgehead atoms. The summed E-state index contributed by atoms with van der Waals surface area (Å²) in [4.78, 5) is 16.0. The van der Waals surface area contributed by atoms with Gasteiger partial charge in [0.15, 0.2) is 0 Å². The second-order valence-corrected chi connectivity index (χ2v) is 4.88. The van der Waals surface area contributed by atoms with Gasteiger partial charge >= 0.3 is 5.97 Å². The van der Waals surface area contributed by atoms with E-state index in [9.17, 15) is 4.79 Å². The van der Waals surface area contributed by atoms with Gasteiger partial charge in [-0.25, -0.2) is 4.79 Å². The molecule has 0 radical (unpaired) electrons. The highest BCUT2D eigenvalue weighted by Crippen LogP contribution is 2.15. The average molecular weight is 220 g/mol. The Hall–Kier alpha value is -1.58. The van der Waals surface area contributed by atoms with Crippen LogP contribution < -0.4 is 0 Å². The third kappa shape index (κ3) is 2.32. The fraction of sp³-hybridized carbons (Fsp3) is 0.500. The molecule has 2 rings (SSSR count). The first-order chi connectivity index (χ1) is 7.46. The van der Waals surface area contributed by atoms with E-state index in [0.717, 1.165) is 18.8 Å². The molecular formula is C12H16N2O2. The zero-order valence-electron chi connectivity index (χ0n) is 9.86. The van der Waals surface area contributed by atoms with Crippen LogP contribution in [0.15, 0.2) is 17.3 Å². The molecule has 0 aliphatic carbocycles. The zero-order chi connectivity index (χ0) is 11.8. The number of fused-ring (bicyclic) bond motifs is 1. The fourth-order valence-corrected chi connectivity index (χ4v) is 1.60. The number of aliphatic imine (C=N–C) groups is 1. The number of carbonyl (C=O) groups is 1. The molecular weight excluding hydrogens is 204 g/mol. The lowest BCUT2D eigenvalue weighted by atomic mass is 10.2. The van der Waals surface area contributed by atoms with Crippen molar-refractivity contribution in [3.8, 4) is 0 Å². The first kappa shape index (κ1) is 10.9. The van der Waals surface area contributed by atoms with Crippen LogP contribution in [-0.4, -0.2) is 28.9 Å². The molecule has 0 fully saturated rings. The van der Waals surface area contributed by atoms with Gasteiger partial charge in [-0.15, -0.1) is 0 Å². The van der Waals surface area contributed by atoms with E-state index in [2.05, 4.69) is 4.99 Å². The van der Waals surface area contributed by atoms with Crippen LogP contribution in [0.5, 0.6) is 0 Å². The van der Waals surface area contributed by atoms with Gasteiger partial charge in [-0.05, 0) is 26.8 Å². The van der Waals surface area contributed by atoms with Gasteiger partial charge in [-0.3, -0.25) is 4.99 Å². The third-order valence-electron chi connectivity index (χ3n) is 2.26. The molecule has 0 unspecified atom stereocenters. The third-order valence-corrected chi connectivity index (χ3v) is 2.26. The SMILES string of the molecule is CC(C)(C)OC(=O)c1cc2n(c1)CCN=C2. The topological polar surface area (TPSA) is 43.6 Å². The van der Waals surface area contributed by atoms with E-state index >= 15 is 0 Å². The smallest absolute Gasteiger partial charge is 0.340 e. The summed E-state index contributed by atoms with van der Waals surface area (Å²) >= 11 is 0. The Morgan fingerprint density at radius 3 is 2.88 bits per heavy atom. The van der Waals surface area contributed by atoms with E-state index in [4.69, 9.17) is 4.74 Å². The number of carbonyl (C=O) groups excluding carboxylic acids is 1. The second kappa shape index (κ2) is 3.77. The van der Waals surface area contributed by atoms with Crippen molar-refractivity contribution < 1.29 is 9.53 Å². The van der Waals surface area contributed by atoms with Gasteiger partial charge in [-0.2, -0.15) is 0 Å². The van der Waals surface area contributed by atoms with Crippen molar-refractivity contribution in [2.24, 2.45) is 4.99 Å². The van der Waals surface area contributed by atoms with Crippen molar-refractivity contribution in [1.29, 1.82) is 0 Å². The second-order valence-electron chi connectivity index (χ2n) is 4.88. The summed E-state index contributed by atoms with van der Waals surface area (Å²) < 4.78 is 7.32. The summed E-state index contributed by atoms with van der Waals surface area (Å²) in [5, 5.41) is 0. The minimum atomic E-state index is -0.451. The molecule has 0 saturated carbocycles. The highest BCUT2D eigenvalue weighted by atomic mass is 16.6. The molecule has 0 aromatic carbocycles. The average Bonchev–Trinajstić information content (AvgIpc) is 2.58. The van der Waals surface area contributed by atoms with Gasteiger partial charge in [-0.1, -0.05) is 0 Å². The predicted molar refractivity (Wildman–Crippen MR) is 62.1 cm³/mol. The number of rotatable bonds is 1. The van der Waals surface area contributed by atoms with Crippen LogP contribution in [-0.2, 0) is 11.3 Å². The number of ether oxygens (including phenoxy) is 1. The molecule has 2 heterocycles. The normalized spacial score (nSPS) is 14.7. The number of aromatic nitrogens is 1. The molecule has 0 saturated heterocycles. The summed E-state index contributed by atoms with van der Waals surface area (Å²) in [5.74, 6) is -0.275. The van der Waals surface area contributed by atoms with Crippen molar-refractivity contribution in [2.45, 2.75) is 32.9 Å². The van der Waals surface area contributed by atoms with Crippen LogP contribution in [0.3, 0.4) is 0 Å². The molecule has 86 valence electrons. The standard InChI is InChI=1S/C12H16N2O2/c1-12(2,3)16-11(15)9-6-10-7-13-4-5-14(10)8-9/h6-8H,4-5H2,1-3H3. The van der Waals surface area contributed by atoms with Gasteiger partial charge in [0.1, 0.15) is 5.60 Å². The summed E-state index contributed by atoms with van der Waals surface area (Å²) in [6.07, 6.45) is 3.62. The Kier molecular flexibility index (Phi) is 2.58. The molecule has 4 nitrogen and oxygen atoms in total. The van der Waals surface area contributed by atoms with Crippen LogP contribution in [0.4, 0.5) is 0 Å². The monoisotopic (exact) mass is 220 g/mol. The lowest BCUT2D eigenvalue weighted by Gasteiger charge is -2.18. The number of nitrogens with zero attached hydrogens (tertiary/aromatic N) is 2. The number of esters is 1. The highest BCUT2D eigenvalue weighted by Gasteiger charge is 2.20. The summed E-state index contributed by atoms with van der Waals surface area (Å²) in [6, 6.07) is 1.82. The van der Waals surface area contributed by atoms with E-state index in [1.54, 1.807) is 6.21 Å². The maximum absolute atomic E-state index is 11.8. The Balaban J connectivity index is 2.19.